The van der Waals surface area contributed by atoms with E-state index in [2.05, 4.69) is 5.32 Å². The zero-order chi connectivity index (χ0) is 30.7. The normalized spacial score (nSPS) is 12.5. The number of carbonyl (C=O) groups excluding carboxylic acids is 2. The molecular formula is C30H34Cl3N3O4S. The van der Waals surface area contributed by atoms with E-state index in [0.29, 0.717) is 26.2 Å². The van der Waals surface area contributed by atoms with E-state index in [1.165, 1.54) is 23.1 Å². The van der Waals surface area contributed by atoms with Crippen LogP contribution in [-0.4, -0.2) is 43.3 Å². The highest BCUT2D eigenvalue weighted by Gasteiger charge is 2.34. The summed E-state index contributed by atoms with van der Waals surface area (Å²) < 4.78 is 29.0. The van der Waals surface area contributed by atoms with Gasteiger partial charge < -0.3 is 10.2 Å². The fourth-order valence-electron chi connectivity index (χ4n) is 4.09. The van der Waals surface area contributed by atoms with Crippen molar-refractivity contribution >= 4 is 62.3 Å². The Balaban J connectivity index is 2.10. The van der Waals surface area contributed by atoms with Crippen LogP contribution in [0.3, 0.4) is 0 Å². The van der Waals surface area contributed by atoms with Gasteiger partial charge in [-0.3, -0.25) is 13.9 Å². The molecule has 3 rings (SSSR count). The van der Waals surface area contributed by atoms with E-state index in [1.54, 1.807) is 56.3 Å². The Hall–Kier alpha value is -2.78. The van der Waals surface area contributed by atoms with Crippen LogP contribution < -0.4 is 9.62 Å². The first-order valence-electron chi connectivity index (χ1n) is 12.9. The molecule has 3 aromatic rings. The topological polar surface area (TPSA) is 86.8 Å². The second-order valence-electron chi connectivity index (χ2n) is 10.9. The average molecular weight is 639 g/mol. The van der Waals surface area contributed by atoms with Crippen LogP contribution in [0, 0.1) is 13.8 Å². The van der Waals surface area contributed by atoms with Crippen molar-refractivity contribution in [3.63, 3.8) is 0 Å². The number of hydrogen-bond acceptors (Lipinski definition) is 4. The van der Waals surface area contributed by atoms with Crippen LogP contribution in [0.15, 0.2) is 65.6 Å². The largest absolute Gasteiger partial charge is 0.350 e. The molecule has 0 unspecified atom stereocenters. The number of hydrogen-bond donors (Lipinski definition) is 1. The molecule has 0 bridgehead atoms. The Kier molecular flexibility index (Phi) is 10.4. The summed E-state index contributed by atoms with van der Waals surface area (Å²) >= 11 is 18.8. The van der Waals surface area contributed by atoms with Crippen molar-refractivity contribution in [1.82, 2.24) is 10.2 Å². The van der Waals surface area contributed by atoms with Crippen LogP contribution >= 0.6 is 34.8 Å². The van der Waals surface area contributed by atoms with Crippen molar-refractivity contribution in [2.45, 2.75) is 64.6 Å². The molecule has 0 aliphatic carbocycles. The smallest absolute Gasteiger partial charge is 0.264 e. The number of aryl methyl sites for hydroxylation is 2. The highest BCUT2D eigenvalue weighted by molar-refractivity contribution is 7.92. The van der Waals surface area contributed by atoms with Gasteiger partial charge in [0.1, 0.15) is 12.6 Å². The molecule has 0 heterocycles. The Labute approximate surface area is 257 Å². The number of rotatable bonds is 9. The third kappa shape index (κ3) is 8.38. The molecular weight excluding hydrogens is 605 g/mol. The van der Waals surface area contributed by atoms with Gasteiger partial charge in [-0.1, -0.05) is 64.6 Å². The minimum Gasteiger partial charge on any atom is -0.350 e. The lowest BCUT2D eigenvalue weighted by atomic mass is 10.1. The van der Waals surface area contributed by atoms with Gasteiger partial charge in [-0.15, -0.1) is 0 Å². The lowest BCUT2D eigenvalue weighted by Gasteiger charge is -2.34. The number of benzene rings is 3. The van der Waals surface area contributed by atoms with E-state index in [0.717, 1.165) is 9.87 Å². The van der Waals surface area contributed by atoms with Crippen LogP contribution in [0.4, 0.5) is 5.69 Å². The van der Waals surface area contributed by atoms with E-state index >= 15 is 0 Å². The molecule has 0 fully saturated rings. The van der Waals surface area contributed by atoms with Gasteiger partial charge in [0.25, 0.3) is 10.0 Å². The number of halogens is 3. The lowest BCUT2D eigenvalue weighted by molar-refractivity contribution is -0.140. The Bertz CT molecular complexity index is 1540. The molecule has 3 aromatic carbocycles. The summed E-state index contributed by atoms with van der Waals surface area (Å²) in [5, 5.41) is 3.93. The molecule has 41 heavy (non-hydrogen) atoms. The van der Waals surface area contributed by atoms with Crippen molar-refractivity contribution in [3.8, 4) is 0 Å². The van der Waals surface area contributed by atoms with Crippen molar-refractivity contribution < 1.29 is 18.0 Å². The predicted octanol–water partition coefficient (Wildman–Crippen LogP) is 6.79. The quantitative estimate of drug-likeness (QED) is 0.280. The average Bonchev–Trinajstić information content (AvgIpc) is 2.87. The first-order chi connectivity index (χ1) is 19.0. The zero-order valence-electron chi connectivity index (χ0n) is 23.8. The standard InChI is InChI=1S/C30H34Cl3N3O4S/c1-19-7-13-25(14-8-19)41(39,40)36(27-16-24(32)11-9-20(27)2)18-28(37)35(21(3)29(38)34-30(4,5)6)17-22-10-12-23(31)15-26(22)33/h7-16,21H,17-18H2,1-6H3,(H,34,38)/t21-/m0/s1. The van der Waals surface area contributed by atoms with Gasteiger partial charge in [0, 0.05) is 27.2 Å². The highest BCUT2D eigenvalue weighted by Crippen LogP contribution is 2.30. The third-order valence-electron chi connectivity index (χ3n) is 6.35. The second-order valence-corrected chi connectivity index (χ2v) is 14.1. The van der Waals surface area contributed by atoms with E-state index in [9.17, 15) is 18.0 Å². The fourth-order valence-corrected chi connectivity index (χ4v) is 6.20. The maximum Gasteiger partial charge on any atom is 0.264 e. The van der Waals surface area contributed by atoms with Crippen LogP contribution in [0.1, 0.15) is 44.4 Å². The van der Waals surface area contributed by atoms with E-state index in [1.807, 2.05) is 27.7 Å². The summed E-state index contributed by atoms with van der Waals surface area (Å²) in [6.07, 6.45) is 0. The summed E-state index contributed by atoms with van der Waals surface area (Å²) in [5.41, 5.74) is 1.73. The SMILES string of the molecule is Cc1ccc(S(=O)(=O)N(CC(=O)N(Cc2ccc(Cl)cc2Cl)[C@@H](C)C(=O)NC(C)(C)C)c2cc(Cl)ccc2C)cc1. The van der Waals surface area contributed by atoms with Gasteiger partial charge in [0.15, 0.2) is 0 Å². The molecule has 0 aliphatic rings. The molecule has 0 saturated carbocycles. The first kappa shape index (κ1) is 32.7. The fraction of sp³-hybridized carbons (Fsp3) is 0.333. The van der Waals surface area contributed by atoms with E-state index in [4.69, 9.17) is 34.8 Å². The zero-order valence-corrected chi connectivity index (χ0v) is 26.9. The summed E-state index contributed by atoms with van der Waals surface area (Å²) in [6, 6.07) is 15.1. The maximum atomic E-state index is 14.1. The molecule has 0 saturated heterocycles. The molecule has 1 atom stereocenters. The molecule has 1 N–H and O–H groups in total. The lowest BCUT2D eigenvalue weighted by Crippen LogP contribution is -2.54. The van der Waals surface area contributed by atoms with Gasteiger partial charge in [-0.05, 0) is 89.1 Å². The van der Waals surface area contributed by atoms with Crippen LogP contribution in [0.5, 0.6) is 0 Å². The third-order valence-corrected chi connectivity index (χ3v) is 8.95. The minimum absolute atomic E-state index is 0.0149. The molecule has 0 aromatic heterocycles. The number of amides is 2. The van der Waals surface area contributed by atoms with Crippen molar-refractivity contribution in [1.29, 1.82) is 0 Å². The second kappa shape index (κ2) is 13.0. The van der Waals surface area contributed by atoms with E-state index < -0.39 is 40.0 Å². The van der Waals surface area contributed by atoms with Crippen molar-refractivity contribution in [2.75, 3.05) is 10.8 Å². The van der Waals surface area contributed by atoms with Crippen LogP contribution in [-0.2, 0) is 26.2 Å². The highest BCUT2D eigenvalue weighted by atomic mass is 35.5. The van der Waals surface area contributed by atoms with Crippen LogP contribution in [0.2, 0.25) is 15.1 Å². The minimum atomic E-state index is -4.22. The van der Waals surface area contributed by atoms with Gasteiger partial charge in [-0.25, -0.2) is 8.42 Å². The molecule has 0 aliphatic heterocycles. The number of anilines is 1. The Morgan fingerprint density at radius 1 is 0.902 bits per heavy atom. The van der Waals surface area contributed by atoms with Gasteiger partial charge in [-0.2, -0.15) is 0 Å². The molecule has 11 heteroatoms. The summed E-state index contributed by atoms with van der Waals surface area (Å²) in [7, 11) is -4.22. The molecule has 2 amide bonds. The summed E-state index contributed by atoms with van der Waals surface area (Å²) in [6.45, 7) is 10.0. The molecule has 0 spiro atoms. The molecule has 220 valence electrons. The van der Waals surface area contributed by atoms with Gasteiger partial charge in [0.05, 0.1) is 10.6 Å². The number of nitrogens with zero attached hydrogens (tertiary/aromatic N) is 2. The monoisotopic (exact) mass is 637 g/mol. The molecule has 0 radical (unpaired) electrons. The number of carbonyl (C=O) groups is 2. The summed E-state index contributed by atoms with van der Waals surface area (Å²) in [4.78, 5) is 28.6. The van der Waals surface area contributed by atoms with Crippen molar-refractivity contribution in [3.05, 3.63) is 92.4 Å². The molecule has 7 nitrogen and oxygen atoms in total. The Morgan fingerprint density at radius 2 is 1.49 bits per heavy atom. The van der Waals surface area contributed by atoms with Gasteiger partial charge >= 0.3 is 0 Å². The van der Waals surface area contributed by atoms with Crippen molar-refractivity contribution in [2.24, 2.45) is 0 Å². The number of nitrogens with one attached hydrogen (secondary N) is 1. The summed E-state index contributed by atoms with van der Waals surface area (Å²) in [5.74, 6) is -1.01. The Morgan fingerprint density at radius 3 is 2.07 bits per heavy atom. The van der Waals surface area contributed by atoms with Gasteiger partial charge in [0.2, 0.25) is 11.8 Å². The van der Waals surface area contributed by atoms with E-state index in [-0.39, 0.29) is 17.1 Å². The van der Waals surface area contributed by atoms with Crippen LogP contribution in [0.25, 0.3) is 0 Å². The predicted molar refractivity (Wildman–Crippen MR) is 166 cm³/mol. The maximum absolute atomic E-state index is 14.1. The number of sulfonamides is 1. The first-order valence-corrected chi connectivity index (χ1v) is 15.5.